The maximum atomic E-state index is 12.5. The lowest BCUT2D eigenvalue weighted by molar-refractivity contribution is -0.0978. The van der Waals surface area contributed by atoms with Crippen molar-refractivity contribution >= 4 is 10.9 Å². The third-order valence-corrected chi connectivity index (χ3v) is 5.30. The Bertz CT molecular complexity index is 854. The molecule has 0 unspecified atom stereocenters. The first kappa shape index (κ1) is 18.2. The molecule has 1 aromatic heterocycles. The van der Waals surface area contributed by atoms with E-state index in [1.54, 1.807) is 26.4 Å². The van der Waals surface area contributed by atoms with Crippen LogP contribution in [0.3, 0.4) is 0 Å². The van der Waals surface area contributed by atoms with Crippen LogP contribution in [-0.2, 0) is 16.0 Å². The van der Waals surface area contributed by atoms with E-state index in [-0.39, 0.29) is 11.8 Å². The number of nitrogens with one attached hydrogen (secondary N) is 1. The number of methoxy groups -OCH3 is 2. The smallest absolute Gasteiger partial charge is 0.258 e. The molecule has 146 valence electrons. The minimum Gasteiger partial charge on any atom is -0.493 e. The van der Waals surface area contributed by atoms with Gasteiger partial charge in [0.15, 0.2) is 17.8 Å². The molecule has 2 aromatic rings. The van der Waals surface area contributed by atoms with Crippen LogP contribution in [0.1, 0.15) is 18.7 Å². The number of H-pyrrole nitrogens is 1. The molecule has 0 amide bonds. The average molecular weight is 375 g/mol. The fourth-order valence-electron chi connectivity index (χ4n) is 3.83. The Morgan fingerprint density at radius 1 is 1.15 bits per heavy atom. The van der Waals surface area contributed by atoms with Crippen LogP contribution in [0, 0.1) is 5.92 Å². The topological polar surface area (TPSA) is 85.9 Å². The molecule has 0 bridgehead atoms. The zero-order chi connectivity index (χ0) is 18.8. The van der Waals surface area contributed by atoms with E-state index >= 15 is 0 Å². The molecule has 1 N–H and O–H groups in total. The van der Waals surface area contributed by atoms with Crippen molar-refractivity contribution in [2.45, 2.75) is 25.7 Å². The highest BCUT2D eigenvalue weighted by atomic mass is 16.7. The van der Waals surface area contributed by atoms with E-state index in [4.69, 9.17) is 18.9 Å². The van der Waals surface area contributed by atoms with E-state index in [9.17, 15) is 4.79 Å². The van der Waals surface area contributed by atoms with Gasteiger partial charge in [0, 0.05) is 12.0 Å². The van der Waals surface area contributed by atoms with Gasteiger partial charge in [-0.3, -0.25) is 9.69 Å². The van der Waals surface area contributed by atoms with Crippen LogP contribution in [0.4, 0.5) is 0 Å². The standard InChI is InChI=1S/C19H25N3O5/c1-24-15-9-13-14(10-16(15)25-2)20-17(21-18(13)23)11-22-5-3-12(4-6-22)19-26-7-8-27-19/h9-10,12,19H,3-8,11H2,1-2H3,(H,20,21,23). The molecule has 0 radical (unpaired) electrons. The highest BCUT2D eigenvalue weighted by Crippen LogP contribution is 2.30. The molecule has 0 atom stereocenters. The molecular formula is C19H25N3O5. The first-order valence-corrected chi connectivity index (χ1v) is 9.28. The molecule has 4 rings (SSSR count). The number of nitrogens with zero attached hydrogens (tertiary/aromatic N) is 2. The summed E-state index contributed by atoms with van der Waals surface area (Å²) in [5, 5.41) is 0.491. The first-order valence-electron chi connectivity index (χ1n) is 9.28. The number of rotatable bonds is 5. The third kappa shape index (κ3) is 3.78. The van der Waals surface area contributed by atoms with Gasteiger partial charge in [0.1, 0.15) is 5.82 Å². The fraction of sp³-hybridized carbons (Fsp3) is 0.579. The highest BCUT2D eigenvalue weighted by molar-refractivity contribution is 5.81. The van der Waals surface area contributed by atoms with Gasteiger partial charge >= 0.3 is 0 Å². The molecule has 0 spiro atoms. The van der Waals surface area contributed by atoms with Gasteiger partial charge in [-0.25, -0.2) is 4.98 Å². The molecule has 0 saturated carbocycles. The number of hydrogen-bond acceptors (Lipinski definition) is 7. The zero-order valence-corrected chi connectivity index (χ0v) is 15.7. The van der Waals surface area contributed by atoms with E-state index in [0.717, 1.165) is 25.9 Å². The van der Waals surface area contributed by atoms with Crippen LogP contribution in [0.2, 0.25) is 0 Å². The Labute approximate surface area is 157 Å². The van der Waals surface area contributed by atoms with Crippen molar-refractivity contribution in [3.63, 3.8) is 0 Å². The SMILES string of the molecule is COc1cc2nc(CN3CCC(C4OCCO4)CC3)[nH]c(=O)c2cc1OC. The van der Waals surface area contributed by atoms with Crippen LogP contribution >= 0.6 is 0 Å². The van der Waals surface area contributed by atoms with Crippen LogP contribution in [0.5, 0.6) is 11.5 Å². The summed E-state index contributed by atoms with van der Waals surface area (Å²) in [5.74, 6) is 2.19. The quantitative estimate of drug-likeness (QED) is 0.848. The monoisotopic (exact) mass is 375 g/mol. The number of aromatic nitrogens is 2. The first-order chi connectivity index (χ1) is 13.2. The Kier molecular flexibility index (Phi) is 5.29. The lowest BCUT2D eigenvalue weighted by Gasteiger charge is -2.33. The minimum atomic E-state index is -0.168. The van der Waals surface area contributed by atoms with Gasteiger partial charge in [0.25, 0.3) is 5.56 Å². The summed E-state index contributed by atoms with van der Waals surface area (Å²) in [4.78, 5) is 22.3. The third-order valence-electron chi connectivity index (χ3n) is 5.30. The second kappa shape index (κ2) is 7.84. The van der Waals surface area contributed by atoms with Crippen molar-refractivity contribution in [2.24, 2.45) is 5.92 Å². The molecule has 2 aliphatic heterocycles. The number of likely N-dealkylation sites (tertiary alicyclic amines) is 1. The second-order valence-electron chi connectivity index (χ2n) is 6.96. The Morgan fingerprint density at radius 2 is 1.81 bits per heavy atom. The molecule has 2 saturated heterocycles. The molecule has 1 aromatic carbocycles. The number of piperidine rings is 1. The maximum absolute atomic E-state index is 12.5. The predicted molar refractivity (Wildman–Crippen MR) is 99.2 cm³/mol. The fourth-order valence-corrected chi connectivity index (χ4v) is 3.83. The van der Waals surface area contributed by atoms with Gasteiger partial charge in [0.2, 0.25) is 0 Å². The second-order valence-corrected chi connectivity index (χ2v) is 6.96. The summed E-state index contributed by atoms with van der Waals surface area (Å²) in [6, 6.07) is 3.41. The highest BCUT2D eigenvalue weighted by Gasteiger charge is 2.30. The summed E-state index contributed by atoms with van der Waals surface area (Å²) >= 11 is 0. The lowest BCUT2D eigenvalue weighted by atomic mass is 9.96. The Hall–Kier alpha value is -2.16. The van der Waals surface area contributed by atoms with Gasteiger partial charge < -0.3 is 23.9 Å². The molecule has 2 aliphatic rings. The van der Waals surface area contributed by atoms with E-state index in [0.29, 0.717) is 53.9 Å². The summed E-state index contributed by atoms with van der Waals surface area (Å²) in [6.45, 7) is 3.87. The molecule has 27 heavy (non-hydrogen) atoms. The molecule has 0 aliphatic carbocycles. The van der Waals surface area contributed by atoms with Crippen LogP contribution < -0.4 is 15.0 Å². The van der Waals surface area contributed by atoms with Gasteiger partial charge in [-0.15, -0.1) is 0 Å². The van der Waals surface area contributed by atoms with Crippen LogP contribution in [0.25, 0.3) is 10.9 Å². The molecular weight excluding hydrogens is 350 g/mol. The van der Waals surface area contributed by atoms with E-state index in [1.807, 2.05) is 0 Å². The molecule has 2 fully saturated rings. The number of hydrogen-bond donors (Lipinski definition) is 1. The summed E-state index contributed by atoms with van der Waals surface area (Å²) in [7, 11) is 3.12. The zero-order valence-electron chi connectivity index (χ0n) is 15.7. The van der Waals surface area contributed by atoms with Gasteiger partial charge in [-0.2, -0.15) is 0 Å². The molecule has 8 nitrogen and oxygen atoms in total. The molecule has 3 heterocycles. The number of fused-ring (bicyclic) bond motifs is 1. The van der Waals surface area contributed by atoms with Gasteiger partial charge in [-0.1, -0.05) is 0 Å². The van der Waals surface area contributed by atoms with Crippen molar-refractivity contribution in [1.29, 1.82) is 0 Å². The average Bonchev–Trinajstić information content (AvgIpc) is 3.22. The van der Waals surface area contributed by atoms with Crippen molar-refractivity contribution in [2.75, 3.05) is 40.5 Å². The summed E-state index contributed by atoms with van der Waals surface area (Å²) in [5.41, 5.74) is 0.438. The van der Waals surface area contributed by atoms with E-state index in [1.165, 1.54) is 0 Å². The Morgan fingerprint density at radius 3 is 2.48 bits per heavy atom. The number of aromatic amines is 1. The van der Waals surface area contributed by atoms with E-state index in [2.05, 4.69) is 14.9 Å². The van der Waals surface area contributed by atoms with Crippen LogP contribution in [0.15, 0.2) is 16.9 Å². The van der Waals surface area contributed by atoms with Gasteiger partial charge in [0.05, 0.1) is 44.9 Å². The maximum Gasteiger partial charge on any atom is 0.258 e. The van der Waals surface area contributed by atoms with Gasteiger partial charge in [-0.05, 0) is 32.0 Å². The minimum absolute atomic E-state index is 0.0480. The number of benzene rings is 1. The van der Waals surface area contributed by atoms with Crippen molar-refractivity contribution < 1.29 is 18.9 Å². The van der Waals surface area contributed by atoms with E-state index < -0.39 is 0 Å². The van der Waals surface area contributed by atoms with Crippen LogP contribution in [-0.4, -0.2) is 61.7 Å². The largest absolute Gasteiger partial charge is 0.493 e. The lowest BCUT2D eigenvalue weighted by Crippen LogP contribution is -2.38. The van der Waals surface area contributed by atoms with Crippen molar-refractivity contribution in [1.82, 2.24) is 14.9 Å². The van der Waals surface area contributed by atoms with Crippen molar-refractivity contribution in [3.05, 3.63) is 28.3 Å². The number of ether oxygens (including phenoxy) is 4. The normalized spacial score (nSPS) is 19.6. The Balaban J connectivity index is 1.48. The predicted octanol–water partition coefficient (Wildman–Crippen LogP) is 1.53. The molecule has 8 heteroatoms. The summed E-state index contributed by atoms with van der Waals surface area (Å²) in [6.07, 6.45) is 1.99. The van der Waals surface area contributed by atoms with Crippen molar-refractivity contribution in [3.8, 4) is 11.5 Å². The summed E-state index contributed by atoms with van der Waals surface area (Å²) < 4.78 is 21.8.